The van der Waals surface area contributed by atoms with Gasteiger partial charge in [0.25, 0.3) is 0 Å². The fraction of sp³-hybridized carbons (Fsp3) is 0.571. The largest absolute Gasteiger partial charge is 0.377 e. The topological polar surface area (TPSA) is 43.4 Å². The third kappa shape index (κ3) is 3.56. The van der Waals surface area contributed by atoms with Crippen molar-refractivity contribution in [3.8, 4) is 0 Å². The average molecular weight is 268 g/mol. The van der Waals surface area contributed by atoms with Crippen molar-refractivity contribution < 1.29 is 13.2 Å². The van der Waals surface area contributed by atoms with Crippen molar-refractivity contribution in [1.29, 1.82) is 0 Å². The number of aryl methyl sites for hydroxylation is 2. The van der Waals surface area contributed by atoms with Gasteiger partial charge >= 0.3 is 0 Å². The summed E-state index contributed by atoms with van der Waals surface area (Å²) in [6, 6.07) is 5.94. The number of rotatable bonds is 4. The summed E-state index contributed by atoms with van der Waals surface area (Å²) in [5, 5.41) is 0. The Morgan fingerprint density at radius 1 is 1.33 bits per heavy atom. The summed E-state index contributed by atoms with van der Waals surface area (Å²) in [4.78, 5) is 0. The number of ether oxygens (including phenoxy) is 1. The van der Waals surface area contributed by atoms with Crippen molar-refractivity contribution in [3.05, 3.63) is 34.9 Å². The zero-order valence-electron chi connectivity index (χ0n) is 11.0. The minimum atomic E-state index is -3.08. The van der Waals surface area contributed by atoms with Crippen LogP contribution in [0.5, 0.6) is 0 Å². The number of hydrogen-bond donors (Lipinski definition) is 0. The van der Waals surface area contributed by atoms with Crippen LogP contribution >= 0.6 is 0 Å². The van der Waals surface area contributed by atoms with Crippen LogP contribution in [-0.2, 0) is 20.3 Å². The Labute approximate surface area is 109 Å². The molecule has 0 saturated carbocycles. The summed E-state index contributed by atoms with van der Waals surface area (Å²) in [6.45, 7) is 4.63. The predicted octanol–water partition coefficient (Wildman–Crippen LogP) is 2.40. The highest BCUT2D eigenvalue weighted by Gasteiger charge is 2.23. The zero-order chi connectivity index (χ0) is 13.2. The lowest BCUT2D eigenvalue weighted by Crippen LogP contribution is -2.21. The van der Waals surface area contributed by atoms with Gasteiger partial charge in [-0.25, -0.2) is 8.42 Å². The molecule has 0 spiro atoms. The molecule has 100 valence electrons. The monoisotopic (exact) mass is 268 g/mol. The van der Waals surface area contributed by atoms with E-state index in [-0.39, 0.29) is 17.6 Å². The first-order chi connectivity index (χ1) is 8.46. The van der Waals surface area contributed by atoms with Gasteiger partial charge in [0.15, 0.2) is 9.84 Å². The Bertz CT molecular complexity index is 514. The SMILES string of the molecule is Cc1ccc(C)c(CS(=O)(=O)CC2CCCO2)c1. The lowest BCUT2D eigenvalue weighted by Gasteiger charge is -2.12. The van der Waals surface area contributed by atoms with E-state index in [4.69, 9.17) is 4.74 Å². The van der Waals surface area contributed by atoms with Gasteiger partial charge in [0, 0.05) is 6.61 Å². The average Bonchev–Trinajstić information content (AvgIpc) is 2.75. The molecule has 1 aromatic carbocycles. The maximum atomic E-state index is 12.1. The van der Waals surface area contributed by atoms with E-state index in [1.165, 1.54) is 0 Å². The maximum Gasteiger partial charge on any atom is 0.156 e. The molecule has 0 aromatic heterocycles. The van der Waals surface area contributed by atoms with Crippen LogP contribution < -0.4 is 0 Å². The van der Waals surface area contributed by atoms with E-state index in [0.29, 0.717) is 6.61 Å². The van der Waals surface area contributed by atoms with Gasteiger partial charge in [0.2, 0.25) is 0 Å². The van der Waals surface area contributed by atoms with Crippen molar-refractivity contribution in [1.82, 2.24) is 0 Å². The van der Waals surface area contributed by atoms with Crippen LogP contribution in [0.1, 0.15) is 29.5 Å². The summed E-state index contributed by atoms with van der Waals surface area (Å²) >= 11 is 0. The van der Waals surface area contributed by atoms with E-state index in [1.807, 2.05) is 32.0 Å². The first kappa shape index (κ1) is 13.6. The summed E-state index contributed by atoms with van der Waals surface area (Å²) in [7, 11) is -3.08. The summed E-state index contributed by atoms with van der Waals surface area (Å²) in [5.41, 5.74) is 3.05. The molecule has 3 nitrogen and oxygen atoms in total. The smallest absolute Gasteiger partial charge is 0.156 e. The Balaban J connectivity index is 2.09. The van der Waals surface area contributed by atoms with Crippen LogP contribution in [0.3, 0.4) is 0 Å². The quantitative estimate of drug-likeness (QED) is 0.842. The first-order valence-electron chi connectivity index (χ1n) is 6.34. The molecule has 1 heterocycles. The van der Waals surface area contributed by atoms with Crippen LogP contribution in [0, 0.1) is 13.8 Å². The number of hydrogen-bond acceptors (Lipinski definition) is 3. The van der Waals surface area contributed by atoms with Gasteiger partial charge in [0.1, 0.15) is 0 Å². The Kier molecular flexibility index (Phi) is 4.07. The van der Waals surface area contributed by atoms with E-state index in [9.17, 15) is 8.42 Å². The van der Waals surface area contributed by atoms with Crippen molar-refractivity contribution >= 4 is 9.84 Å². The van der Waals surface area contributed by atoms with Gasteiger partial charge in [-0.05, 0) is 37.8 Å². The molecule has 1 aliphatic heterocycles. The molecule has 0 bridgehead atoms. The van der Waals surface area contributed by atoms with E-state index >= 15 is 0 Å². The first-order valence-corrected chi connectivity index (χ1v) is 8.16. The van der Waals surface area contributed by atoms with Gasteiger partial charge in [-0.3, -0.25) is 0 Å². The molecule has 0 radical (unpaired) electrons. The highest BCUT2D eigenvalue weighted by Crippen LogP contribution is 2.18. The molecule has 18 heavy (non-hydrogen) atoms. The lowest BCUT2D eigenvalue weighted by atomic mass is 10.1. The molecular weight excluding hydrogens is 248 g/mol. The standard InChI is InChI=1S/C14H20O3S/c1-11-5-6-12(2)13(8-11)9-18(15,16)10-14-4-3-7-17-14/h5-6,8,14H,3-4,7,9-10H2,1-2H3. The maximum absolute atomic E-state index is 12.1. The molecule has 1 fully saturated rings. The lowest BCUT2D eigenvalue weighted by molar-refractivity contribution is 0.127. The van der Waals surface area contributed by atoms with E-state index in [0.717, 1.165) is 29.5 Å². The molecule has 1 unspecified atom stereocenters. The molecule has 0 N–H and O–H groups in total. The third-order valence-corrected chi connectivity index (χ3v) is 4.97. The van der Waals surface area contributed by atoms with Crippen LogP contribution in [0.25, 0.3) is 0 Å². The van der Waals surface area contributed by atoms with Gasteiger partial charge in [0.05, 0.1) is 17.6 Å². The minimum Gasteiger partial charge on any atom is -0.377 e. The molecule has 1 atom stereocenters. The second kappa shape index (κ2) is 5.41. The Hall–Kier alpha value is -0.870. The van der Waals surface area contributed by atoms with Crippen LogP contribution in [-0.4, -0.2) is 26.9 Å². The molecule has 0 aliphatic carbocycles. The van der Waals surface area contributed by atoms with Crippen molar-refractivity contribution in [2.75, 3.05) is 12.4 Å². The summed E-state index contributed by atoms with van der Waals surface area (Å²) in [5.74, 6) is 0.279. The van der Waals surface area contributed by atoms with Gasteiger partial charge in [-0.15, -0.1) is 0 Å². The fourth-order valence-electron chi connectivity index (χ4n) is 2.31. The van der Waals surface area contributed by atoms with Gasteiger partial charge in [-0.1, -0.05) is 23.8 Å². The normalized spacial score (nSPS) is 20.2. The number of benzene rings is 1. The van der Waals surface area contributed by atoms with Gasteiger partial charge in [-0.2, -0.15) is 0 Å². The highest BCUT2D eigenvalue weighted by atomic mass is 32.2. The Morgan fingerprint density at radius 3 is 2.78 bits per heavy atom. The molecular formula is C14H20O3S. The van der Waals surface area contributed by atoms with Crippen molar-refractivity contribution in [2.24, 2.45) is 0 Å². The molecule has 0 amide bonds. The third-order valence-electron chi connectivity index (χ3n) is 3.34. The second-order valence-electron chi connectivity index (χ2n) is 5.12. The molecule has 4 heteroatoms. The molecule has 1 saturated heterocycles. The van der Waals surface area contributed by atoms with Crippen molar-refractivity contribution in [2.45, 2.75) is 38.5 Å². The minimum absolute atomic E-state index is 0.0971. The van der Waals surface area contributed by atoms with Gasteiger partial charge < -0.3 is 4.74 Å². The summed E-state index contributed by atoms with van der Waals surface area (Å²) in [6.07, 6.45) is 1.75. The summed E-state index contributed by atoms with van der Waals surface area (Å²) < 4.78 is 29.7. The van der Waals surface area contributed by atoms with E-state index < -0.39 is 9.84 Å². The second-order valence-corrected chi connectivity index (χ2v) is 7.23. The van der Waals surface area contributed by atoms with Crippen LogP contribution in [0.15, 0.2) is 18.2 Å². The molecule has 1 aliphatic rings. The van der Waals surface area contributed by atoms with Crippen molar-refractivity contribution in [3.63, 3.8) is 0 Å². The Morgan fingerprint density at radius 2 is 2.11 bits per heavy atom. The van der Waals surface area contributed by atoms with E-state index in [1.54, 1.807) is 0 Å². The van der Waals surface area contributed by atoms with E-state index in [2.05, 4.69) is 0 Å². The highest BCUT2D eigenvalue weighted by molar-refractivity contribution is 7.90. The van der Waals surface area contributed by atoms with Crippen LogP contribution in [0.4, 0.5) is 0 Å². The van der Waals surface area contributed by atoms with Crippen LogP contribution in [0.2, 0.25) is 0 Å². The molecule has 2 rings (SSSR count). The fourth-order valence-corrected chi connectivity index (χ4v) is 4.04. The predicted molar refractivity (Wildman–Crippen MR) is 72.4 cm³/mol. The zero-order valence-corrected chi connectivity index (χ0v) is 11.8. The number of sulfone groups is 1. The molecule has 1 aromatic rings.